The minimum atomic E-state index is -0.324. The van der Waals surface area contributed by atoms with Gasteiger partial charge in [-0.3, -0.25) is 0 Å². The Morgan fingerprint density at radius 1 is 1.22 bits per heavy atom. The van der Waals surface area contributed by atoms with E-state index in [1.807, 2.05) is 25.1 Å². The Morgan fingerprint density at radius 3 is 2.52 bits per heavy atom. The zero-order valence-electron chi connectivity index (χ0n) is 13.0. The van der Waals surface area contributed by atoms with E-state index in [1.165, 1.54) is 12.1 Å². The Balaban J connectivity index is 1.96. The first-order chi connectivity index (χ1) is 11.0. The van der Waals surface area contributed by atoms with Crippen LogP contribution in [0.3, 0.4) is 0 Å². The average Bonchev–Trinajstić information content (AvgIpc) is 2.49. The molecule has 0 bridgehead atoms. The number of halogens is 2. The fraction of sp³-hybridized carbons (Fsp3) is 0.235. The molecule has 2 aromatic carbocycles. The van der Waals surface area contributed by atoms with Gasteiger partial charge in [-0.15, -0.1) is 0 Å². The molecule has 122 valence electrons. The zero-order valence-corrected chi connectivity index (χ0v) is 13.8. The maximum Gasteiger partial charge on any atom is 0.319 e. The molecule has 1 atom stereocenters. The lowest BCUT2D eigenvalue weighted by Crippen LogP contribution is -2.36. The maximum atomic E-state index is 13.4. The van der Waals surface area contributed by atoms with Gasteiger partial charge in [0.25, 0.3) is 0 Å². The highest BCUT2D eigenvalue weighted by Crippen LogP contribution is 2.18. The van der Waals surface area contributed by atoms with E-state index < -0.39 is 0 Å². The van der Waals surface area contributed by atoms with Gasteiger partial charge in [0, 0.05) is 17.3 Å². The van der Waals surface area contributed by atoms with Crippen LogP contribution in [0.25, 0.3) is 0 Å². The van der Waals surface area contributed by atoms with Crippen LogP contribution >= 0.6 is 11.6 Å². The standard InChI is InChI=1S/C17H19ClFN3O/c1-22(2)16(12-4-3-5-14(19)10-12)11-20-17(23)21-15-8-6-13(18)7-9-15/h3-10,16H,11H2,1-2H3,(H2,20,21,23). The number of urea groups is 1. The van der Waals surface area contributed by atoms with Crippen LogP contribution in [-0.2, 0) is 0 Å². The third kappa shape index (κ3) is 5.23. The van der Waals surface area contributed by atoms with E-state index in [-0.39, 0.29) is 17.9 Å². The quantitative estimate of drug-likeness (QED) is 0.870. The van der Waals surface area contributed by atoms with Gasteiger partial charge in [0.15, 0.2) is 0 Å². The molecule has 23 heavy (non-hydrogen) atoms. The van der Waals surface area contributed by atoms with Crippen molar-refractivity contribution in [2.45, 2.75) is 6.04 Å². The summed E-state index contributed by atoms with van der Waals surface area (Å²) < 4.78 is 13.4. The summed E-state index contributed by atoms with van der Waals surface area (Å²) in [6.45, 7) is 0.357. The van der Waals surface area contributed by atoms with Crippen molar-refractivity contribution in [3.63, 3.8) is 0 Å². The molecule has 2 rings (SSSR count). The number of nitrogens with zero attached hydrogens (tertiary/aromatic N) is 1. The summed E-state index contributed by atoms with van der Waals surface area (Å²) in [7, 11) is 3.77. The molecule has 6 heteroatoms. The highest BCUT2D eigenvalue weighted by Gasteiger charge is 2.15. The third-order valence-electron chi connectivity index (χ3n) is 3.41. The molecule has 0 aliphatic rings. The minimum absolute atomic E-state index is 0.123. The lowest BCUT2D eigenvalue weighted by atomic mass is 10.1. The van der Waals surface area contributed by atoms with Gasteiger partial charge >= 0.3 is 6.03 Å². The number of likely N-dealkylation sites (N-methyl/N-ethyl adjacent to an activating group) is 1. The molecule has 2 aromatic rings. The summed E-state index contributed by atoms with van der Waals surface area (Å²) in [6, 6.07) is 12.8. The number of benzene rings is 2. The summed E-state index contributed by atoms with van der Waals surface area (Å²) >= 11 is 5.80. The van der Waals surface area contributed by atoms with Crippen LogP contribution in [0.5, 0.6) is 0 Å². The summed E-state index contributed by atoms with van der Waals surface area (Å²) in [5.41, 5.74) is 1.46. The highest BCUT2D eigenvalue weighted by atomic mass is 35.5. The highest BCUT2D eigenvalue weighted by molar-refractivity contribution is 6.30. The van der Waals surface area contributed by atoms with E-state index in [0.29, 0.717) is 17.3 Å². The fourth-order valence-corrected chi connectivity index (χ4v) is 2.34. The fourth-order valence-electron chi connectivity index (χ4n) is 2.21. The number of amides is 2. The van der Waals surface area contributed by atoms with Gasteiger partial charge in [-0.1, -0.05) is 23.7 Å². The van der Waals surface area contributed by atoms with Crippen molar-refractivity contribution in [2.24, 2.45) is 0 Å². The second-order valence-electron chi connectivity index (χ2n) is 5.38. The van der Waals surface area contributed by atoms with Gasteiger partial charge in [0.2, 0.25) is 0 Å². The largest absolute Gasteiger partial charge is 0.336 e. The van der Waals surface area contributed by atoms with Crippen LogP contribution in [-0.4, -0.2) is 31.6 Å². The predicted molar refractivity (Wildman–Crippen MR) is 91.3 cm³/mol. The SMILES string of the molecule is CN(C)C(CNC(=O)Nc1ccc(Cl)cc1)c1cccc(F)c1. The second kappa shape index (κ2) is 7.94. The van der Waals surface area contributed by atoms with Crippen molar-refractivity contribution in [3.05, 3.63) is 64.9 Å². The number of carbonyl (C=O) groups is 1. The lowest BCUT2D eigenvalue weighted by Gasteiger charge is -2.25. The van der Waals surface area contributed by atoms with E-state index in [9.17, 15) is 9.18 Å². The minimum Gasteiger partial charge on any atom is -0.336 e. The molecule has 0 saturated heterocycles. The van der Waals surface area contributed by atoms with Crippen molar-refractivity contribution in [3.8, 4) is 0 Å². The first-order valence-electron chi connectivity index (χ1n) is 7.18. The van der Waals surface area contributed by atoms with Gasteiger partial charge in [-0.2, -0.15) is 0 Å². The van der Waals surface area contributed by atoms with Crippen molar-refractivity contribution in [1.82, 2.24) is 10.2 Å². The Kier molecular flexibility index (Phi) is 5.96. The predicted octanol–water partition coefficient (Wildman–Crippen LogP) is 3.90. The molecule has 2 N–H and O–H groups in total. The molecule has 0 spiro atoms. The number of carbonyl (C=O) groups excluding carboxylic acids is 1. The van der Waals surface area contributed by atoms with Crippen molar-refractivity contribution < 1.29 is 9.18 Å². The molecule has 0 aliphatic heterocycles. The Hall–Kier alpha value is -2.11. The summed E-state index contributed by atoms with van der Waals surface area (Å²) in [5.74, 6) is -0.292. The lowest BCUT2D eigenvalue weighted by molar-refractivity contribution is 0.243. The van der Waals surface area contributed by atoms with E-state index in [0.717, 1.165) is 5.56 Å². The molecule has 2 amide bonds. The monoisotopic (exact) mass is 335 g/mol. The third-order valence-corrected chi connectivity index (χ3v) is 3.67. The van der Waals surface area contributed by atoms with Gasteiger partial charge < -0.3 is 15.5 Å². The van der Waals surface area contributed by atoms with Crippen LogP contribution in [0.15, 0.2) is 48.5 Å². The first kappa shape index (κ1) is 17.2. The number of hydrogen-bond acceptors (Lipinski definition) is 2. The summed E-state index contributed by atoms with van der Waals surface area (Å²) in [6.07, 6.45) is 0. The van der Waals surface area contributed by atoms with E-state index in [2.05, 4.69) is 10.6 Å². The molecule has 0 fully saturated rings. The van der Waals surface area contributed by atoms with Gasteiger partial charge in [0.1, 0.15) is 5.82 Å². The molecule has 0 saturated carbocycles. The molecule has 4 nitrogen and oxygen atoms in total. The first-order valence-corrected chi connectivity index (χ1v) is 7.56. The van der Waals surface area contributed by atoms with Crippen LogP contribution in [0.4, 0.5) is 14.9 Å². The smallest absolute Gasteiger partial charge is 0.319 e. The van der Waals surface area contributed by atoms with E-state index in [1.54, 1.807) is 30.3 Å². The topological polar surface area (TPSA) is 44.4 Å². The molecule has 1 unspecified atom stereocenters. The number of hydrogen-bond donors (Lipinski definition) is 2. The number of anilines is 1. The van der Waals surface area contributed by atoms with Crippen LogP contribution in [0.2, 0.25) is 5.02 Å². The molecular formula is C17H19ClFN3O. The van der Waals surface area contributed by atoms with Crippen molar-refractivity contribution >= 4 is 23.3 Å². The van der Waals surface area contributed by atoms with E-state index in [4.69, 9.17) is 11.6 Å². The number of rotatable bonds is 5. The average molecular weight is 336 g/mol. The Labute approximate surface area is 140 Å². The number of nitrogens with one attached hydrogen (secondary N) is 2. The Morgan fingerprint density at radius 2 is 1.91 bits per heavy atom. The summed E-state index contributed by atoms with van der Waals surface area (Å²) in [5, 5.41) is 6.13. The van der Waals surface area contributed by atoms with Crippen molar-refractivity contribution in [1.29, 1.82) is 0 Å². The molecule has 0 aliphatic carbocycles. The van der Waals surface area contributed by atoms with Gasteiger partial charge in [0.05, 0.1) is 6.04 Å². The normalized spacial score (nSPS) is 12.0. The molecule has 0 aromatic heterocycles. The van der Waals surface area contributed by atoms with Gasteiger partial charge in [-0.25, -0.2) is 9.18 Å². The van der Waals surface area contributed by atoms with Crippen LogP contribution in [0.1, 0.15) is 11.6 Å². The van der Waals surface area contributed by atoms with Gasteiger partial charge in [-0.05, 0) is 56.1 Å². The maximum absolute atomic E-state index is 13.4. The van der Waals surface area contributed by atoms with Crippen LogP contribution < -0.4 is 10.6 Å². The zero-order chi connectivity index (χ0) is 16.8. The Bertz CT molecular complexity index is 661. The molecule has 0 radical (unpaired) electrons. The molecule has 0 heterocycles. The molecular weight excluding hydrogens is 317 g/mol. The van der Waals surface area contributed by atoms with E-state index >= 15 is 0 Å². The summed E-state index contributed by atoms with van der Waals surface area (Å²) in [4.78, 5) is 13.9. The van der Waals surface area contributed by atoms with Crippen molar-refractivity contribution in [2.75, 3.05) is 26.0 Å². The van der Waals surface area contributed by atoms with Crippen LogP contribution in [0, 0.1) is 5.82 Å². The second-order valence-corrected chi connectivity index (χ2v) is 5.81.